The summed E-state index contributed by atoms with van der Waals surface area (Å²) in [7, 11) is 0. The molecule has 0 aliphatic heterocycles. The molecule has 0 spiro atoms. The summed E-state index contributed by atoms with van der Waals surface area (Å²) in [4.78, 5) is 27.1. The van der Waals surface area contributed by atoms with Crippen LogP contribution in [0.3, 0.4) is 0 Å². The van der Waals surface area contributed by atoms with E-state index in [9.17, 15) is 9.59 Å². The zero-order chi connectivity index (χ0) is 14.8. The molecule has 0 aromatic carbocycles. The summed E-state index contributed by atoms with van der Waals surface area (Å²) in [5.74, 6) is -0.491. The average molecular weight is 281 g/mol. The van der Waals surface area contributed by atoms with Gasteiger partial charge in [-0.25, -0.2) is 4.79 Å². The highest BCUT2D eigenvalue weighted by molar-refractivity contribution is 6.04. The lowest BCUT2D eigenvalue weighted by Crippen LogP contribution is -2.43. The van der Waals surface area contributed by atoms with E-state index in [0.717, 1.165) is 0 Å². The van der Waals surface area contributed by atoms with Crippen molar-refractivity contribution >= 4 is 11.9 Å². The molecule has 20 heavy (non-hydrogen) atoms. The van der Waals surface area contributed by atoms with Crippen molar-refractivity contribution in [1.82, 2.24) is 15.6 Å². The Labute approximate surface area is 117 Å². The summed E-state index contributed by atoms with van der Waals surface area (Å²) >= 11 is 0. The molecule has 0 saturated heterocycles. The number of pyridine rings is 1. The quantitative estimate of drug-likeness (QED) is 0.725. The van der Waals surface area contributed by atoms with Gasteiger partial charge in [-0.05, 0) is 26.0 Å². The Morgan fingerprint density at radius 2 is 1.80 bits per heavy atom. The molecule has 1 heterocycles. The van der Waals surface area contributed by atoms with E-state index in [1.165, 1.54) is 24.5 Å². The Balaban J connectivity index is 2.37. The minimum absolute atomic E-state index is 0.164. The summed E-state index contributed by atoms with van der Waals surface area (Å²) in [6, 6.07) is 2.44. The van der Waals surface area contributed by atoms with Crippen LogP contribution in [-0.4, -0.2) is 43.0 Å². The van der Waals surface area contributed by atoms with E-state index in [1.807, 2.05) is 13.8 Å². The van der Waals surface area contributed by atoms with E-state index in [2.05, 4.69) is 15.6 Å². The Hall–Kier alpha value is -1.99. The summed E-state index contributed by atoms with van der Waals surface area (Å²) in [6.07, 6.45) is 2.44. The monoisotopic (exact) mass is 281 g/mol. The van der Waals surface area contributed by atoms with Crippen LogP contribution in [-0.2, 0) is 9.47 Å². The maximum Gasteiger partial charge on any atom is 0.321 e. The number of urea groups is 1. The highest BCUT2D eigenvalue weighted by atomic mass is 16.7. The highest BCUT2D eigenvalue weighted by Crippen LogP contribution is 1.96. The number of nitrogens with zero attached hydrogens (tertiary/aromatic N) is 1. The average Bonchev–Trinajstić information content (AvgIpc) is 2.46. The van der Waals surface area contributed by atoms with Crippen molar-refractivity contribution in [3.8, 4) is 0 Å². The van der Waals surface area contributed by atoms with Crippen molar-refractivity contribution in [3.63, 3.8) is 0 Å². The Kier molecular flexibility index (Phi) is 7.23. The molecule has 0 aliphatic rings. The van der Waals surface area contributed by atoms with Crippen molar-refractivity contribution in [2.45, 2.75) is 20.1 Å². The first-order chi connectivity index (χ1) is 9.67. The van der Waals surface area contributed by atoms with Gasteiger partial charge in [-0.1, -0.05) is 0 Å². The van der Waals surface area contributed by atoms with Gasteiger partial charge in [0.1, 0.15) is 0 Å². The normalized spacial score (nSPS) is 10.3. The van der Waals surface area contributed by atoms with Crippen LogP contribution < -0.4 is 10.6 Å². The first-order valence-electron chi connectivity index (χ1n) is 6.39. The molecule has 1 aromatic rings. The van der Waals surface area contributed by atoms with Gasteiger partial charge in [-0.15, -0.1) is 0 Å². The molecule has 1 aromatic heterocycles. The van der Waals surface area contributed by atoms with Crippen molar-refractivity contribution in [2.24, 2.45) is 0 Å². The fourth-order valence-electron chi connectivity index (χ4n) is 1.44. The van der Waals surface area contributed by atoms with E-state index in [1.54, 1.807) is 0 Å². The topological polar surface area (TPSA) is 89.6 Å². The lowest BCUT2D eigenvalue weighted by atomic mass is 10.2. The van der Waals surface area contributed by atoms with E-state index in [-0.39, 0.29) is 6.54 Å². The van der Waals surface area contributed by atoms with Crippen LogP contribution in [0.1, 0.15) is 24.2 Å². The first-order valence-corrected chi connectivity index (χ1v) is 6.39. The SMILES string of the molecule is CCOC(CNC(=O)NC(=O)c1ccncc1)OCC. The van der Waals surface area contributed by atoms with Gasteiger partial charge in [0.05, 0.1) is 6.54 Å². The molecule has 1 rings (SSSR count). The number of carbonyl (C=O) groups excluding carboxylic acids is 2. The molecule has 0 atom stereocenters. The minimum atomic E-state index is -0.601. The van der Waals surface area contributed by atoms with Gasteiger partial charge in [-0.3, -0.25) is 15.1 Å². The summed E-state index contributed by atoms with van der Waals surface area (Å²) in [5, 5.41) is 4.72. The molecule has 2 N–H and O–H groups in total. The maximum absolute atomic E-state index is 11.7. The van der Waals surface area contributed by atoms with E-state index < -0.39 is 18.2 Å². The second-order valence-corrected chi connectivity index (χ2v) is 3.74. The molecular formula is C13H19N3O4. The Morgan fingerprint density at radius 1 is 1.20 bits per heavy atom. The zero-order valence-electron chi connectivity index (χ0n) is 11.6. The second kappa shape index (κ2) is 9.00. The van der Waals surface area contributed by atoms with Gasteiger partial charge in [0, 0.05) is 31.2 Å². The standard InChI is InChI=1S/C13H19N3O4/c1-3-19-11(20-4-2)9-15-13(18)16-12(17)10-5-7-14-8-6-10/h5-8,11H,3-4,9H2,1-2H3,(H2,15,16,17,18). The van der Waals surface area contributed by atoms with Gasteiger partial charge < -0.3 is 14.8 Å². The van der Waals surface area contributed by atoms with Crippen LogP contribution in [0.2, 0.25) is 0 Å². The number of nitrogens with one attached hydrogen (secondary N) is 2. The molecule has 0 saturated carbocycles. The number of hydrogen-bond acceptors (Lipinski definition) is 5. The number of aromatic nitrogens is 1. The van der Waals surface area contributed by atoms with Gasteiger partial charge in [-0.2, -0.15) is 0 Å². The number of hydrogen-bond donors (Lipinski definition) is 2. The van der Waals surface area contributed by atoms with Gasteiger partial charge in [0.2, 0.25) is 0 Å². The Morgan fingerprint density at radius 3 is 2.35 bits per heavy atom. The predicted molar refractivity (Wildman–Crippen MR) is 72.1 cm³/mol. The van der Waals surface area contributed by atoms with E-state index >= 15 is 0 Å². The third-order valence-electron chi connectivity index (χ3n) is 2.30. The third kappa shape index (κ3) is 5.77. The number of rotatable bonds is 7. The van der Waals surface area contributed by atoms with Gasteiger partial charge in [0.15, 0.2) is 6.29 Å². The van der Waals surface area contributed by atoms with Crippen LogP contribution in [0, 0.1) is 0 Å². The van der Waals surface area contributed by atoms with Crippen LogP contribution in [0.4, 0.5) is 4.79 Å². The molecule has 0 bridgehead atoms. The molecule has 110 valence electrons. The number of ether oxygens (including phenoxy) is 2. The van der Waals surface area contributed by atoms with Crippen molar-refractivity contribution in [1.29, 1.82) is 0 Å². The van der Waals surface area contributed by atoms with Crippen molar-refractivity contribution in [2.75, 3.05) is 19.8 Å². The lowest BCUT2D eigenvalue weighted by molar-refractivity contribution is -0.131. The predicted octanol–water partition coefficient (Wildman–Crippen LogP) is 0.920. The Bertz CT molecular complexity index is 419. The fraction of sp³-hybridized carbons (Fsp3) is 0.462. The number of carbonyl (C=O) groups is 2. The number of amides is 3. The molecule has 0 aliphatic carbocycles. The van der Waals surface area contributed by atoms with Crippen molar-refractivity contribution < 1.29 is 19.1 Å². The first kappa shape index (κ1) is 16.1. The molecule has 0 fully saturated rings. The molecule has 7 nitrogen and oxygen atoms in total. The highest BCUT2D eigenvalue weighted by Gasteiger charge is 2.12. The van der Waals surface area contributed by atoms with E-state index in [4.69, 9.17) is 9.47 Å². The van der Waals surface area contributed by atoms with Crippen LogP contribution >= 0.6 is 0 Å². The second-order valence-electron chi connectivity index (χ2n) is 3.74. The van der Waals surface area contributed by atoms with Crippen LogP contribution in [0.15, 0.2) is 24.5 Å². The molecular weight excluding hydrogens is 262 g/mol. The molecule has 3 amide bonds. The smallest absolute Gasteiger partial charge is 0.321 e. The molecule has 0 radical (unpaired) electrons. The largest absolute Gasteiger partial charge is 0.351 e. The number of imide groups is 1. The molecule has 0 unspecified atom stereocenters. The lowest BCUT2D eigenvalue weighted by Gasteiger charge is -2.17. The summed E-state index contributed by atoms with van der Waals surface area (Å²) in [5.41, 5.74) is 0.362. The van der Waals surface area contributed by atoms with Crippen LogP contribution in [0.25, 0.3) is 0 Å². The zero-order valence-corrected chi connectivity index (χ0v) is 11.6. The minimum Gasteiger partial charge on any atom is -0.351 e. The maximum atomic E-state index is 11.7. The van der Waals surface area contributed by atoms with E-state index in [0.29, 0.717) is 18.8 Å². The third-order valence-corrected chi connectivity index (χ3v) is 2.30. The van der Waals surface area contributed by atoms with Crippen molar-refractivity contribution in [3.05, 3.63) is 30.1 Å². The van der Waals surface area contributed by atoms with Gasteiger partial charge >= 0.3 is 6.03 Å². The van der Waals surface area contributed by atoms with Crippen LogP contribution in [0.5, 0.6) is 0 Å². The molecule has 7 heteroatoms. The fourth-order valence-corrected chi connectivity index (χ4v) is 1.44. The summed E-state index contributed by atoms with van der Waals surface area (Å²) in [6.45, 7) is 4.78. The summed E-state index contributed by atoms with van der Waals surface area (Å²) < 4.78 is 10.5. The van der Waals surface area contributed by atoms with Gasteiger partial charge in [0.25, 0.3) is 5.91 Å².